The zero-order chi connectivity index (χ0) is 17.8. The molecular weight excluding hydrogens is 314 g/mol. The third kappa shape index (κ3) is 4.15. The van der Waals surface area contributed by atoms with Crippen LogP contribution >= 0.6 is 0 Å². The lowest BCUT2D eigenvalue weighted by atomic mass is 10.1. The largest absolute Gasteiger partial charge is 0.347 e. The molecule has 6 heteroatoms. The summed E-state index contributed by atoms with van der Waals surface area (Å²) in [6.45, 7) is 5.28. The molecule has 0 atom stereocenters. The van der Waals surface area contributed by atoms with Gasteiger partial charge in [-0.1, -0.05) is 44.2 Å². The second-order valence-electron chi connectivity index (χ2n) is 6.45. The fourth-order valence-corrected chi connectivity index (χ4v) is 2.61. The summed E-state index contributed by atoms with van der Waals surface area (Å²) in [6, 6.07) is 12.0. The zero-order valence-corrected chi connectivity index (χ0v) is 14.8. The van der Waals surface area contributed by atoms with Crippen LogP contribution in [0.1, 0.15) is 47.1 Å². The van der Waals surface area contributed by atoms with Crippen LogP contribution < -0.4 is 5.32 Å². The van der Waals surface area contributed by atoms with E-state index < -0.39 is 0 Å². The van der Waals surface area contributed by atoms with E-state index in [-0.39, 0.29) is 5.91 Å². The monoisotopic (exact) mass is 337 g/mol. The van der Waals surface area contributed by atoms with Gasteiger partial charge in [-0.05, 0) is 17.5 Å². The van der Waals surface area contributed by atoms with E-state index in [1.165, 1.54) is 5.56 Å². The van der Waals surface area contributed by atoms with Crippen molar-refractivity contribution in [1.29, 1.82) is 0 Å². The number of carbonyl (C=O) groups excluding carboxylic acids is 1. The van der Waals surface area contributed by atoms with Crippen LogP contribution in [0.25, 0.3) is 0 Å². The first kappa shape index (κ1) is 17.0. The molecule has 0 aliphatic heterocycles. The number of nitrogens with one attached hydrogen (secondary N) is 1. The Balaban J connectivity index is 1.59. The molecule has 0 aliphatic carbocycles. The molecule has 0 aliphatic rings. The highest BCUT2D eigenvalue weighted by molar-refractivity contribution is 5.92. The molecule has 1 amide bonds. The molecule has 0 spiro atoms. The van der Waals surface area contributed by atoms with Crippen molar-refractivity contribution in [2.75, 3.05) is 0 Å². The Hall–Kier alpha value is -2.89. The van der Waals surface area contributed by atoms with Crippen molar-refractivity contribution in [3.05, 3.63) is 71.3 Å². The smallest absolute Gasteiger partial charge is 0.269 e. The second kappa shape index (κ2) is 7.34. The van der Waals surface area contributed by atoms with Crippen LogP contribution in [0.3, 0.4) is 0 Å². The number of benzene rings is 1. The van der Waals surface area contributed by atoms with Gasteiger partial charge in [-0.3, -0.25) is 14.2 Å². The minimum absolute atomic E-state index is 0.127. The van der Waals surface area contributed by atoms with Gasteiger partial charge in [0, 0.05) is 25.4 Å². The summed E-state index contributed by atoms with van der Waals surface area (Å²) in [7, 11) is 1.79. The maximum Gasteiger partial charge on any atom is 0.269 e. The Morgan fingerprint density at radius 1 is 1.20 bits per heavy atom. The van der Waals surface area contributed by atoms with E-state index in [9.17, 15) is 4.79 Å². The van der Waals surface area contributed by atoms with Gasteiger partial charge in [-0.2, -0.15) is 10.2 Å². The van der Waals surface area contributed by atoms with Crippen LogP contribution in [0.15, 0.2) is 48.8 Å². The molecule has 0 saturated heterocycles. The van der Waals surface area contributed by atoms with Gasteiger partial charge < -0.3 is 5.32 Å². The maximum atomic E-state index is 12.4. The van der Waals surface area contributed by atoms with Crippen LogP contribution in [-0.2, 0) is 20.1 Å². The summed E-state index contributed by atoms with van der Waals surface area (Å²) in [5.41, 5.74) is 3.65. The van der Waals surface area contributed by atoms with Crippen LogP contribution in [0.2, 0.25) is 0 Å². The highest BCUT2D eigenvalue weighted by Crippen LogP contribution is 2.13. The van der Waals surface area contributed by atoms with E-state index in [2.05, 4.69) is 41.5 Å². The van der Waals surface area contributed by atoms with Crippen molar-refractivity contribution in [2.24, 2.45) is 7.05 Å². The first-order valence-corrected chi connectivity index (χ1v) is 8.40. The number of aromatic nitrogens is 4. The number of aryl methyl sites for hydroxylation is 1. The van der Waals surface area contributed by atoms with Gasteiger partial charge in [0.25, 0.3) is 5.91 Å². The van der Waals surface area contributed by atoms with E-state index in [0.29, 0.717) is 24.7 Å². The van der Waals surface area contributed by atoms with Gasteiger partial charge in [0.05, 0.1) is 18.4 Å². The molecule has 1 N–H and O–H groups in total. The number of rotatable bonds is 6. The minimum Gasteiger partial charge on any atom is -0.347 e. The van der Waals surface area contributed by atoms with E-state index in [1.54, 1.807) is 17.9 Å². The van der Waals surface area contributed by atoms with Gasteiger partial charge in [0.15, 0.2) is 0 Å². The first-order valence-electron chi connectivity index (χ1n) is 8.40. The predicted octanol–water partition coefficient (Wildman–Crippen LogP) is 2.72. The molecule has 0 radical (unpaired) electrons. The molecule has 0 bridgehead atoms. The molecular formula is C19H23N5O. The van der Waals surface area contributed by atoms with Crippen LogP contribution in [0.5, 0.6) is 0 Å². The number of carbonyl (C=O) groups is 1. The summed E-state index contributed by atoms with van der Waals surface area (Å²) in [4.78, 5) is 12.4. The van der Waals surface area contributed by atoms with Gasteiger partial charge in [-0.25, -0.2) is 0 Å². The summed E-state index contributed by atoms with van der Waals surface area (Å²) in [6.07, 6.45) is 3.74. The van der Waals surface area contributed by atoms with Crippen molar-refractivity contribution in [2.45, 2.75) is 32.9 Å². The van der Waals surface area contributed by atoms with Gasteiger partial charge >= 0.3 is 0 Å². The van der Waals surface area contributed by atoms with Crippen molar-refractivity contribution in [1.82, 2.24) is 24.9 Å². The van der Waals surface area contributed by atoms with Crippen molar-refractivity contribution < 1.29 is 4.79 Å². The molecule has 1 aromatic carbocycles. The summed E-state index contributed by atoms with van der Waals surface area (Å²) >= 11 is 0. The average molecular weight is 337 g/mol. The molecule has 0 fully saturated rings. The highest BCUT2D eigenvalue weighted by Gasteiger charge is 2.14. The Bertz CT molecular complexity index is 848. The quantitative estimate of drug-likeness (QED) is 0.752. The number of hydrogen-bond acceptors (Lipinski definition) is 3. The minimum atomic E-state index is -0.127. The third-order valence-electron chi connectivity index (χ3n) is 4.05. The maximum absolute atomic E-state index is 12.4. The fourth-order valence-electron chi connectivity index (χ4n) is 2.61. The molecule has 2 heterocycles. The number of hydrogen-bond donors (Lipinski definition) is 1. The molecule has 2 aromatic heterocycles. The normalized spacial score (nSPS) is 11.0. The second-order valence-corrected chi connectivity index (χ2v) is 6.45. The van der Waals surface area contributed by atoms with E-state index in [4.69, 9.17) is 0 Å². The standard InChI is InChI=1S/C19H23N5O/c1-14(2)17-9-18(23(3)22-17)19(25)20-10-16-11-21-24(13-16)12-15-7-5-4-6-8-15/h4-9,11,13-14H,10,12H2,1-3H3,(H,20,25). The summed E-state index contributed by atoms with van der Waals surface area (Å²) in [5.74, 6) is 0.168. The predicted molar refractivity (Wildman–Crippen MR) is 96.2 cm³/mol. The Kier molecular flexibility index (Phi) is 4.97. The lowest BCUT2D eigenvalue weighted by Crippen LogP contribution is -2.24. The average Bonchev–Trinajstić information content (AvgIpc) is 3.20. The Morgan fingerprint density at radius 2 is 1.96 bits per heavy atom. The SMILES string of the molecule is CC(C)c1cc(C(=O)NCc2cnn(Cc3ccccc3)c2)n(C)n1. The van der Waals surface area contributed by atoms with Gasteiger partial charge in [0.2, 0.25) is 0 Å². The molecule has 3 rings (SSSR count). The Labute approximate surface area is 147 Å². The molecule has 3 aromatic rings. The van der Waals surface area contributed by atoms with E-state index in [0.717, 1.165) is 11.3 Å². The topological polar surface area (TPSA) is 64.7 Å². The van der Waals surface area contributed by atoms with Crippen molar-refractivity contribution in [3.63, 3.8) is 0 Å². The van der Waals surface area contributed by atoms with Crippen molar-refractivity contribution in [3.8, 4) is 0 Å². The molecule has 0 unspecified atom stereocenters. The molecule has 6 nitrogen and oxygen atoms in total. The van der Waals surface area contributed by atoms with Crippen LogP contribution in [0.4, 0.5) is 0 Å². The lowest BCUT2D eigenvalue weighted by Gasteiger charge is -2.03. The molecule has 25 heavy (non-hydrogen) atoms. The number of amides is 1. The van der Waals surface area contributed by atoms with Crippen LogP contribution in [-0.4, -0.2) is 25.5 Å². The lowest BCUT2D eigenvalue weighted by molar-refractivity contribution is 0.0941. The first-order chi connectivity index (χ1) is 12.0. The fraction of sp³-hybridized carbons (Fsp3) is 0.316. The third-order valence-corrected chi connectivity index (χ3v) is 4.05. The summed E-state index contributed by atoms with van der Waals surface area (Å²) in [5, 5.41) is 11.7. The van der Waals surface area contributed by atoms with Gasteiger partial charge in [0.1, 0.15) is 5.69 Å². The van der Waals surface area contributed by atoms with Gasteiger partial charge in [-0.15, -0.1) is 0 Å². The zero-order valence-electron chi connectivity index (χ0n) is 14.8. The van der Waals surface area contributed by atoms with Crippen molar-refractivity contribution >= 4 is 5.91 Å². The highest BCUT2D eigenvalue weighted by atomic mass is 16.2. The van der Waals surface area contributed by atoms with E-state index in [1.807, 2.05) is 35.1 Å². The molecule has 0 saturated carbocycles. The summed E-state index contributed by atoms with van der Waals surface area (Å²) < 4.78 is 3.50. The molecule has 130 valence electrons. The number of nitrogens with zero attached hydrogens (tertiary/aromatic N) is 4. The Morgan fingerprint density at radius 3 is 2.64 bits per heavy atom. The van der Waals surface area contributed by atoms with E-state index >= 15 is 0 Å². The van der Waals surface area contributed by atoms with Crippen LogP contribution in [0, 0.1) is 0 Å².